The number of esters is 1. The van der Waals surface area contributed by atoms with Crippen molar-refractivity contribution in [1.29, 1.82) is 0 Å². The molecule has 0 saturated heterocycles. The third-order valence-corrected chi connectivity index (χ3v) is 3.17. The number of rotatable bonds is 8. The molecule has 0 aromatic heterocycles. The van der Waals surface area contributed by atoms with Gasteiger partial charge in [-0.3, -0.25) is 0 Å². The Hall–Kier alpha value is -1.30. The fraction of sp³-hybridized carbons (Fsp3) is 0.818. The first-order valence-electron chi connectivity index (χ1n) is 5.92. The van der Waals surface area contributed by atoms with Gasteiger partial charge in [0.05, 0.1) is 19.6 Å². The van der Waals surface area contributed by atoms with Crippen molar-refractivity contribution in [2.24, 2.45) is 5.73 Å². The summed E-state index contributed by atoms with van der Waals surface area (Å²) in [6.45, 7) is 10.0. The molecule has 0 bridgehead atoms. The van der Waals surface area contributed by atoms with E-state index >= 15 is 0 Å². The molecule has 100 valence electrons. The molecular formula is C11H23N2O4+. The van der Waals surface area contributed by atoms with E-state index < -0.39 is 18.7 Å². The SMILES string of the molecule is CC[N+](CC)(CC)CCOC(=O)COC(N)=O. The number of carbonyl (C=O) groups excluding carboxylic acids is 2. The summed E-state index contributed by atoms with van der Waals surface area (Å²) in [5.74, 6) is -0.565. The van der Waals surface area contributed by atoms with E-state index in [1.807, 2.05) is 0 Å². The molecule has 0 aliphatic heterocycles. The molecule has 0 rings (SSSR count). The fourth-order valence-electron chi connectivity index (χ4n) is 1.67. The summed E-state index contributed by atoms with van der Waals surface area (Å²) in [6.07, 6.45) is -0.970. The number of nitrogens with two attached hydrogens (primary N) is 1. The van der Waals surface area contributed by atoms with Gasteiger partial charge >= 0.3 is 12.1 Å². The van der Waals surface area contributed by atoms with Gasteiger partial charge in [-0.1, -0.05) is 0 Å². The smallest absolute Gasteiger partial charge is 0.405 e. The standard InChI is InChI=1S/C11H22N2O4/c1-4-13(5-2,6-3)7-8-16-10(14)9-17-11(12)15/h4-9H2,1-3H3,(H-,12,15)/p+1. The fourth-order valence-corrected chi connectivity index (χ4v) is 1.67. The van der Waals surface area contributed by atoms with Crippen LogP contribution in [0.25, 0.3) is 0 Å². The van der Waals surface area contributed by atoms with Gasteiger partial charge < -0.3 is 19.7 Å². The van der Waals surface area contributed by atoms with Crippen LogP contribution in [0, 0.1) is 0 Å². The lowest BCUT2D eigenvalue weighted by atomic mass is 10.3. The lowest BCUT2D eigenvalue weighted by molar-refractivity contribution is -0.923. The summed E-state index contributed by atoms with van der Waals surface area (Å²) in [6, 6.07) is 0. The van der Waals surface area contributed by atoms with Crippen LogP contribution in [0.15, 0.2) is 0 Å². The van der Waals surface area contributed by atoms with Gasteiger partial charge in [0.25, 0.3) is 0 Å². The quantitative estimate of drug-likeness (QED) is 0.500. The molecule has 17 heavy (non-hydrogen) atoms. The zero-order valence-electron chi connectivity index (χ0n) is 10.9. The Balaban J connectivity index is 3.88. The number of amides is 1. The van der Waals surface area contributed by atoms with E-state index in [4.69, 9.17) is 10.5 Å². The number of hydrogen-bond donors (Lipinski definition) is 1. The molecule has 2 N–H and O–H groups in total. The summed E-state index contributed by atoms with van der Waals surface area (Å²) < 4.78 is 10.2. The van der Waals surface area contributed by atoms with Crippen LogP contribution in [-0.2, 0) is 14.3 Å². The zero-order chi connectivity index (χ0) is 13.3. The normalized spacial score (nSPS) is 11.0. The van der Waals surface area contributed by atoms with Crippen LogP contribution in [0.3, 0.4) is 0 Å². The third kappa shape index (κ3) is 6.11. The van der Waals surface area contributed by atoms with E-state index in [0.29, 0.717) is 6.61 Å². The zero-order valence-corrected chi connectivity index (χ0v) is 10.9. The molecule has 0 aromatic carbocycles. The van der Waals surface area contributed by atoms with Gasteiger partial charge in [-0.05, 0) is 20.8 Å². The number of primary amides is 1. The second kappa shape index (κ2) is 7.89. The first-order valence-corrected chi connectivity index (χ1v) is 5.92. The van der Waals surface area contributed by atoms with Crippen molar-refractivity contribution >= 4 is 12.1 Å². The lowest BCUT2D eigenvalue weighted by Gasteiger charge is -2.35. The molecule has 1 amide bonds. The molecule has 0 spiro atoms. The molecule has 0 aliphatic carbocycles. The lowest BCUT2D eigenvalue weighted by Crippen LogP contribution is -2.49. The average Bonchev–Trinajstić information content (AvgIpc) is 2.33. The van der Waals surface area contributed by atoms with Gasteiger partial charge in [-0.15, -0.1) is 0 Å². The van der Waals surface area contributed by atoms with Crippen molar-refractivity contribution in [3.8, 4) is 0 Å². The summed E-state index contributed by atoms with van der Waals surface area (Å²) >= 11 is 0. The monoisotopic (exact) mass is 247 g/mol. The minimum atomic E-state index is -0.970. The van der Waals surface area contributed by atoms with E-state index in [-0.39, 0.29) is 0 Å². The minimum Gasteiger partial charge on any atom is -0.457 e. The van der Waals surface area contributed by atoms with E-state index in [1.54, 1.807) is 0 Å². The Labute approximate surface area is 102 Å². The van der Waals surface area contributed by atoms with Gasteiger partial charge in [-0.2, -0.15) is 0 Å². The summed E-state index contributed by atoms with van der Waals surface area (Å²) in [4.78, 5) is 21.4. The van der Waals surface area contributed by atoms with Crippen LogP contribution in [0.5, 0.6) is 0 Å². The van der Waals surface area contributed by atoms with Crippen molar-refractivity contribution in [2.45, 2.75) is 20.8 Å². The van der Waals surface area contributed by atoms with Crippen LogP contribution in [0.2, 0.25) is 0 Å². The largest absolute Gasteiger partial charge is 0.457 e. The number of nitrogens with zero attached hydrogens (tertiary/aromatic N) is 1. The highest BCUT2D eigenvalue weighted by atomic mass is 16.6. The molecule has 0 atom stereocenters. The van der Waals surface area contributed by atoms with Crippen LogP contribution in [0.4, 0.5) is 4.79 Å². The Morgan fingerprint density at radius 3 is 2.00 bits per heavy atom. The van der Waals surface area contributed by atoms with Gasteiger partial charge in [-0.25, -0.2) is 9.59 Å². The first-order chi connectivity index (χ1) is 7.99. The topological polar surface area (TPSA) is 78.6 Å². The van der Waals surface area contributed by atoms with Crippen LogP contribution < -0.4 is 5.73 Å². The Bertz CT molecular complexity index is 244. The Morgan fingerprint density at radius 2 is 1.59 bits per heavy atom. The molecular weight excluding hydrogens is 224 g/mol. The molecule has 6 heteroatoms. The van der Waals surface area contributed by atoms with Crippen LogP contribution >= 0.6 is 0 Å². The van der Waals surface area contributed by atoms with Crippen molar-refractivity contribution in [3.05, 3.63) is 0 Å². The molecule has 0 saturated carbocycles. The highest BCUT2D eigenvalue weighted by molar-refractivity contribution is 5.74. The molecule has 0 aliphatic rings. The number of ether oxygens (including phenoxy) is 2. The number of hydrogen-bond acceptors (Lipinski definition) is 4. The average molecular weight is 247 g/mol. The van der Waals surface area contributed by atoms with E-state index in [9.17, 15) is 9.59 Å². The van der Waals surface area contributed by atoms with E-state index in [0.717, 1.165) is 30.7 Å². The van der Waals surface area contributed by atoms with E-state index in [1.165, 1.54) is 0 Å². The molecule has 0 heterocycles. The molecule has 6 nitrogen and oxygen atoms in total. The summed E-state index contributed by atoms with van der Waals surface area (Å²) in [5.41, 5.74) is 4.73. The van der Waals surface area contributed by atoms with Crippen molar-refractivity contribution in [3.63, 3.8) is 0 Å². The van der Waals surface area contributed by atoms with Crippen molar-refractivity contribution in [1.82, 2.24) is 0 Å². The molecule has 0 radical (unpaired) electrons. The summed E-state index contributed by atoms with van der Waals surface area (Å²) in [7, 11) is 0. The number of quaternary nitrogens is 1. The van der Waals surface area contributed by atoms with Crippen molar-refractivity contribution < 1.29 is 23.5 Å². The predicted molar refractivity (Wildman–Crippen MR) is 63.2 cm³/mol. The van der Waals surface area contributed by atoms with Crippen LogP contribution in [-0.4, -0.2) is 55.9 Å². The summed E-state index contributed by atoms with van der Waals surface area (Å²) in [5, 5.41) is 0. The second-order valence-electron chi connectivity index (χ2n) is 3.84. The predicted octanol–water partition coefficient (Wildman–Crippen LogP) is 0.501. The van der Waals surface area contributed by atoms with Gasteiger partial charge in [0.2, 0.25) is 0 Å². The van der Waals surface area contributed by atoms with E-state index in [2.05, 4.69) is 25.5 Å². The highest BCUT2D eigenvalue weighted by Gasteiger charge is 2.20. The minimum absolute atomic E-state index is 0.330. The molecule has 0 fully saturated rings. The maximum absolute atomic E-state index is 11.1. The van der Waals surface area contributed by atoms with Crippen LogP contribution in [0.1, 0.15) is 20.8 Å². The van der Waals surface area contributed by atoms with Gasteiger partial charge in [0.15, 0.2) is 6.61 Å². The molecule has 0 unspecified atom stereocenters. The number of carbonyl (C=O) groups is 2. The highest BCUT2D eigenvalue weighted by Crippen LogP contribution is 2.05. The molecule has 0 aromatic rings. The maximum Gasteiger partial charge on any atom is 0.405 e. The Morgan fingerprint density at radius 1 is 1.06 bits per heavy atom. The van der Waals surface area contributed by atoms with Crippen molar-refractivity contribution in [2.75, 3.05) is 39.4 Å². The number of likely N-dealkylation sites (N-methyl/N-ethyl adjacent to an activating group) is 1. The Kier molecular flexibility index (Phi) is 7.29. The van der Waals surface area contributed by atoms with Gasteiger partial charge in [0.1, 0.15) is 13.2 Å². The first kappa shape index (κ1) is 15.7. The second-order valence-corrected chi connectivity index (χ2v) is 3.84. The maximum atomic E-state index is 11.1. The van der Waals surface area contributed by atoms with Gasteiger partial charge in [0, 0.05) is 0 Å². The third-order valence-electron chi connectivity index (χ3n) is 3.17.